The standard InChI is InChI=1S/C43H30/c1-3-13-28(14-4-1)41(29-15-5-2-6-16-29)37-24-11-19-32-27-40-39(42(32)37)26-31-18-8-10-21-34(31)43(40)36-23-12-22-35-33-20-9-7-17-30(33)25-38(35)36/h1-24,26,41H,25,27H2. The second-order valence-corrected chi connectivity index (χ2v) is 12.0. The van der Waals surface area contributed by atoms with E-state index in [0.717, 1.165) is 12.8 Å². The maximum atomic E-state index is 2.47. The molecule has 0 saturated carbocycles. The molecule has 0 heterocycles. The average molecular weight is 547 g/mol. The number of benzene rings is 7. The van der Waals surface area contributed by atoms with E-state index in [1.165, 1.54) is 83.1 Å². The molecule has 7 aromatic rings. The Morgan fingerprint density at radius 3 is 1.81 bits per heavy atom. The zero-order valence-corrected chi connectivity index (χ0v) is 23.9. The maximum Gasteiger partial charge on any atom is 0.0346 e. The lowest BCUT2D eigenvalue weighted by Gasteiger charge is -2.23. The molecule has 0 bridgehead atoms. The van der Waals surface area contributed by atoms with Gasteiger partial charge in [0.25, 0.3) is 0 Å². The van der Waals surface area contributed by atoms with Gasteiger partial charge in [-0.05, 0) is 102 Å². The summed E-state index contributed by atoms with van der Waals surface area (Å²) < 4.78 is 0. The minimum absolute atomic E-state index is 0.161. The van der Waals surface area contributed by atoms with Gasteiger partial charge in [0.2, 0.25) is 0 Å². The Balaban J connectivity index is 1.32. The lowest BCUT2D eigenvalue weighted by Crippen LogP contribution is -2.05. The molecule has 2 aliphatic carbocycles. The number of hydrogen-bond acceptors (Lipinski definition) is 0. The first-order valence-corrected chi connectivity index (χ1v) is 15.3. The number of rotatable bonds is 4. The smallest absolute Gasteiger partial charge is 0.0346 e. The predicted molar refractivity (Wildman–Crippen MR) is 180 cm³/mol. The van der Waals surface area contributed by atoms with Crippen LogP contribution in [-0.2, 0) is 12.8 Å². The van der Waals surface area contributed by atoms with Gasteiger partial charge in [-0.1, -0.05) is 146 Å². The van der Waals surface area contributed by atoms with Gasteiger partial charge >= 0.3 is 0 Å². The summed E-state index contributed by atoms with van der Waals surface area (Å²) in [5.74, 6) is 0.161. The highest BCUT2D eigenvalue weighted by Gasteiger charge is 2.31. The molecule has 0 aliphatic heterocycles. The quantitative estimate of drug-likeness (QED) is 0.193. The molecule has 0 unspecified atom stereocenters. The van der Waals surface area contributed by atoms with Gasteiger partial charge in [-0.15, -0.1) is 0 Å². The third kappa shape index (κ3) is 3.76. The molecule has 202 valence electrons. The van der Waals surface area contributed by atoms with Crippen molar-refractivity contribution >= 4 is 10.8 Å². The van der Waals surface area contributed by atoms with Crippen LogP contribution in [0.3, 0.4) is 0 Å². The topological polar surface area (TPSA) is 0 Å². The van der Waals surface area contributed by atoms with Crippen molar-refractivity contribution in [3.8, 4) is 33.4 Å². The Kier molecular flexibility index (Phi) is 5.49. The average Bonchev–Trinajstić information content (AvgIpc) is 3.64. The fraction of sp³-hybridized carbons (Fsp3) is 0.0698. The van der Waals surface area contributed by atoms with E-state index < -0.39 is 0 Å². The molecule has 0 saturated heterocycles. The lowest BCUT2D eigenvalue weighted by molar-refractivity contribution is 0.978. The van der Waals surface area contributed by atoms with Gasteiger partial charge < -0.3 is 0 Å². The largest absolute Gasteiger partial charge is 0.0622 e. The highest BCUT2D eigenvalue weighted by atomic mass is 14.3. The Morgan fingerprint density at radius 2 is 1.00 bits per heavy atom. The van der Waals surface area contributed by atoms with Crippen LogP contribution in [-0.4, -0.2) is 0 Å². The summed E-state index contributed by atoms with van der Waals surface area (Å²) in [6.45, 7) is 0. The van der Waals surface area contributed by atoms with E-state index in [1.54, 1.807) is 0 Å². The molecule has 0 amide bonds. The highest BCUT2D eigenvalue weighted by Crippen LogP contribution is 2.51. The second-order valence-electron chi connectivity index (χ2n) is 12.0. The first-order valence-electron chi connectivity index (χ1n) is 15.3. The van der Waals surface area contributed by atoms with Crippen molar-refractivity contribution in [1.29, 1.82) is 0 Å². The summed E-state index contributed by atoms with van der Waals surface area (Å²) >= 11 is 0. The Morgan fingerprint density at radius 1 is 0.395 bits per heavy atom. The summed E-state index contributed by atoms with van der Waals surface area (Å²) in [6.07, 6.45) is 1.94. The van der Waals surface area contributed by atoms with E-state index in [2.05, 4.69) is 152 Å². The molecule has 0 fully saturated rings. The van der Waals surface area contributed by atoms with Crippen molar-refractivity contribution in [2.24, 2.45) is 0 Å². The van der Waals surface area contributed by atoms with Crippen molar-refractivity contribution in [2.45, 2.75) is 18.8 Å². The molecular weight excluding hydrogens is 516 g/mol. The number of hydrogen-bond donors (Lipinski definition) is 0. The second kappa shape index (κ2) is 9.68. The van der Waals surface area contributed by atoms with Gasteiger partial charge in [0.15, 0.2) is 0 Å². The molecule has 0 atom stereocenters. The summed E-state index contributed by atoms with van der Waals surface area (Å²) in [7, 11) is 0. The molecule has 9 rings (SSSR count). The van der Waals surface area contributed by atoms with Crippen LogP contribution in [0.25, 0.3) is 44.2 Å². The van der Waals surface area contributed by atoms with Crippen molar-refractivity contribution in [3.05, 3.63) is 191 Å². The van der Waals surface area contributed by atoms with Crippen molar-refractivity contribution in [3.63, 3.8) is 0 Å². The molecule has 43 heavy (non-hydrogen) atoms. The number of fused-ring (bicyclic) bond motifs is 7. The normalized spacial score (nSPS) is 12.7. The first kappa shape index (κ1) is 24.4. The zero-order valence-electron chi connectivity index (χ0n) is 23.9. The first-order chi connectivity index (χ1) is 21.3. The SMILES string of the molecule is c1ccc(C(c2ccccc2)c2cccc3c2-c2cc4ccccc4c(-c4cccc5c4Cc4ccccc4-5)c2C3)cc1. The van der Waals surface area contributed by atoms with Gasteiger partial charge in [-0.25, -0.2) is 0 Å². The van der Waals surface area contributed by atoms with Crippen molar-refractivity contribution < 1.29 is 0 Å². The van der Waals surface area contributed by atoms with E-state index >= 15 is 0 Å². The van der Waals surface area contributed by atoms with Gasteiger partial charge in [0.1, 0.15) is 0 Å². The Labute approximate surface area is 252 Å². The van der Waals surface area contributed by atoms with Gasteiger partial charge in [-0.3, -0.25) is 0 Å². The molecule has 2 aliphatic rings. The lowest BCUT2D eigenvalue weighted by atomic mass is 9.80. The van der Waals surface area contributed by atoms with Crippen LogP contribution >= 0.6 is 0 Å². The third-order valence-electron chi connectivity index (χ3n) is 9.67. The van der Waals surface area contributed by atoms with Gasteiger partial charge in [0.05, 0.1) is 0 Å². The fourth-order valence-electron chi connectivity index (χ4n) is 7.87. The molecule has 0 aromatic heterocycles. The van der Waals surface area contributed by atoms with Crippen molar-refractivity contribution in [1.82, 2.24) is 0 Å². The third-order valence-corrected chi connectivity index (χ3v) is 9.67. The molecule has 7 aromatic carbocycles. The van der Waals surface area contributed by atoms with Crippen LogP contribution in [0.5, 0.6) is 0 Å². The predicted octanol–water partition coefficient (Wildman–Crippen LogP) is 10.8. The Hall–Kier alpha value is -5.20. The van der Waals surface area contributed by atoms with E-state index in [9.17, 15) is 0 Å². The van der Waals surface area contributed by atoms with Crippen molar-refractivity contribution in [2.75, 3.05) is 0 Å². The fourth-order valence-corrected chi connectivity index (χ4v) is 7.87. The van der Waals surface area contributed by atoms with Crippen LogP contribution in [0, 0.1) is 0 Å². The van der Waals surface area contributed by atoms with E-state index in [-0.39, 0.29) is 5.92 Å². The summed E-state index contributed by atoms with van der Waals surface area (Å²) in [5.41, 5.74) is 18.2. The van der Waals surface area contributed by atoms with E-state index in [4.69, 9.17) is 0 Å². The maximum absolute atomic E-state index is 2.47. The summed E-state index contributed by atoms with van der Waals surface area (Å²) in [4.78, 5) is 0. The van der Waals surface area contributed by atoms with Crippen LogP contribution < -0.4 is 0 Å². The zero-order chi connectivity index (χ0) is 28.3. The van der Waals surface area contributed by atoms with E-state index in [1.807, 2.05) is 0 Å². The monoisotopic (exact) mass is 546 g/mol. The van der Waals surface area contributed by atoms with Crippen LogP contribution in [0.1, 0.15) is 44.9 Å². The Bertz CT molecular complexity index is 2130. The minimum Gasteiger partial charge on any atom is -0.0622 e. The highest BCUT2D eigenvalue weighted by molar-refractivity contribution is 6.06. The van der Waals surface area contributed by atoms with Gasteiger partial charge in [-0.2, -0.15) is 0 Å². The van der Waals surface area contributed by atoms with Crippen LogP contribution in [0.4, 0.5) is 0 Å². The molecule has 0 N–H and O–H groups in total. The van der Waals surface area contributed by atoms with Gasteiger partial charge in [0, 0.05) is 5.92 Å². The van der Waals surface area contributed by atoms with Crippen LogP contribution in [0.15, 0.2) is 152 Å². The molecule has 0 nitrogen and oxygen atoms in total. The summed E-state index contributed by atoms with van der Waals surface area (Å²) in [5, 5.41) is 2.66. The molecule has 0 spiro atoms. The minimum atomic E-state index is 0.161. The summed E-state index contributed by atoms with van der Waals surface area (Å²) in [6, 6.07) is 56.4. The van der Waals surface area contributed by atoms with Crippen LogP contribution in [0.2, 0.25) is 0 Å². The van der Waals surface area contributed by atoms with E-state index in [0.29, 0.717) is 0 Å². The molecular formula is C43H30. The molecule has 0 radical (unpaired) electrons. The molecule has 0 heteroatoms.